The minimum absolute atomic E-state index is 0.00247. The molecule has 0 saturated carbocycles. The van der Waals surface area contributed by atoms with Gasteiger partial charge in [-0.25, -0.2) is 9.78 Å². The van der Waals surface area contributed by atoms with Crippen LogP contribution < -0.4 is 16.0 Å². The molecule has 1 aliphatic heterocycles. The van der Waals surface area contributed by atoms with Crippen LogP contribution in [0.5, 0.6) is 0 Å². The highest BCUT2D eigenvalue weighted by molar-refractivity contribution is 7.13. The second-order valence-corrected chi connectivity index (χ2v) is 12.4. The Morgan fingerprint density at radius 3 is 2.39 bits per heavy atom. The number of amides is 4. The number of carbonyl (C=O) groups is 4. The molecule has 4 atom stereocenters. The molecule has 41 heavy (non-hydrogen) atoms. The van der Waals surface area contributed by atoms with Crippen LogP contribution in [0.25, 0.3) is 10.4 Å². The Labute approximate surface area is 244 Å². The molecule has 0 aliphatic carbocycles. The van der Waals surface area contributed by atoms with Crippen molar-refractivity contribution in [3.05, 3.63) is 41.0 Å². The van der Waals surface area contributed by atoms with Crippen LogP contribution in [0.2, 0.25) is 0 Å². The summed E-state index contributed by atoms with van der Waals surface area (Å²) in [6, 6.07) is 5.78. The van der Waals surface area contributed by atoms with Crippen LogP contribution in [0.4, 0.5) is 4.79 Å². The number of nitrogens with zero attached hydrogens (tertiary/aromatic N) is 2. The van der Waals surface area contributed by atoms with Crippen LogP contribution >= 0.6 is 11.3 Å². The molecule has 0 radical (unpaired) electrons. The maximum atomic E-state index is 13.7. The number of carbonyl (C=O) groups excluding carboxylic acids is 3. The summed E-state index contributed by atoms with van der Waals surface area (Å²) in [6.07, 6.45) is -0.798. The molecular formula is C29H41N5O6S. The summed E-state index contributed by atoms with van der Waals surface area (Å²) in [6.45, 7) is 9.55. The number of aliphatic hydroxyl groups is 1. The molecule has 1 saturated heterocycles. The largest absolute Gasteiger partial charge is 0.465 e. The quantitative estimate of drug-likeness (QED) is 0.252. The zero-order valence-corrected chi connectivity index (χ0v) is 25.1. The van der Waals surface area contributed by atoms with Crippen molar-refractivity contribution in [3.63, 3.8) is 0 Å². The van der Waals surface area contributed by atoms with Gasteiger partial charge >= 0.3 is 6.09 Å². The van der Waals surface area contributed by atoms with E-state index in [2.05, 4.69) is 20.9 Å². The van der Waals surface area contributed by atoms with Crippen molar-refractivity contribution in [1.82, 2.24) is 25.8 Å². The third-order valence-corrected chi connectivity index (χ3v) is 8.14. The second-order valence-electron chi connectivity index (χ2n) is 11.6. The van der Waals surface area contributed by atoms with E-state index in [1.165, 1.54) is 4.90 Å². The SMILES string of the molecule is Cc1ncsc1-c1ccc([C@H](C)NC(=O)[C@@H]2C[C@@H](O)CN2C(=O)C(NC(=O)CCCCNC(=O)O)C(C)(C)C)cc1. The number of likely N-dealkylation sites (tertiary alicyclic amines) is 1. The van der Waals surface area contributed by atoms with E-state index in [4.69, 9.17) is 5.11 Å². The molecule has 11 nitrogen and oxygen atoms in total. The Hall–Kier alpha value is -3.51. The molecule has 1 aromatic heterocycles. The minimum Gasteiger partial charge on any atom is -0.465 e. The molecule has 224 valence electrons. The van der Waals surface area contributed by atoms with E-state index in [0.717, 1.165) is 21.7 Å². The van der Waals surface area contributed by atoms with Crippen LogP contribution in [0.3, 0.4) is 0 Å². The van der Waals surface area contributed by atoms with Gasteiger partial charge < -0.3 is 31.1 Å². The van der Waals surface area contributed by atoms with Crippen molar-refractivity contribution in [2.24, 2.45) is 5.41 Å². The van der Waals surface area contributed by atoms with Gasteiger partial charge in [0.05, 0.1) is 28.2 Å². The number of rotatable bonds is 11. The highest BCUT2D eigenvalue weighted by Gasteiger charge is 2.44. The molecule has 1 aromatic carbocycles. The van der Waals surface area contributed by atoms with E-state index in [0.29, 0.717) is 12.8 Å². The lowest BCUT2D eigenvalue weighted by Crippen LogP contribution is -2.57. The van der Waals surface area contributed by atoms with Crippen LogP contribution in [0, 0.1) is 12.3 Å². The zero-order chi connectivity index (χ0) is 30.3. The summed E-state index contributed by atoms with van der Waals surface area (Å²) >= 11 is 1.57. The molecule has 12 heteroatoms. The first-order valence-corrected chi connectivity index (χ1v) is 14.7. The average Bonchev–Trinajstić information content (AvgIpc) is 3.51. The Morgan fingerprint density at radius 2 is 1.80 bits per heavy atom. The number of thiazole rings is 1. The average molecular weight is 588 g/mol. The van der Waals surface area contributed by atoms with Crippen molar-refractivity contribution in [2.45, 2.75) is 84.5 Å². The summed E-state index contributed by atoms with van der Waals surface area (Å²) < 4.78 is 0. The van der Waals surface area contributed by atoms with Gasteiger partial charge in [0, 0.05) is 25.9 Å². The molecule has 0 spiro atoms. The predicted molar refractivity (Wildman–Crippen MR) is 156 cm³/mol. The molecule has 5 N–H and O–H groups in total. The molecular weight excluding hydrogens is 546 g/mol. The van der Waals surface area contributed by atoms with Crippen molar-refractivity contribution in [3.8, 4) is 10.4 Å². The van der Waals surface area contributed by atoms with Gasteiger partial charge in [-0.05, 0) is 43.2 Å². The molecule has 4 amide bonds. The van der Waals surface area contributed by atoms with E-state index in [1.807, 2.05) is 64.4 Å². The van der Waals surface area contributed by atoms with Gasteiger partial charge in [0.25, 0.3) is 0 Å². The highest BCUT2D eigenvalue weighted by atomic mass is 32.1. The van der Waals surface area contributed by atoms with Crippen LogP contribution in [0.1, 0.15) is 70.7 Å². The van der Waals surface area contributed by atoms with Crippen molar-refractivity contribution < 1.29 is 29.4 Å². The molecule has 0 bridgehead atoms. The fourth-order valence-electron chi connectivity index (χ4n) is 4.85. The lowest BCUT2D eigenvalue weighted by atomic mass is 9.85. The highest BCUT2D eigenvalue weighted by Crippen LogP contribution is 2.29. The standard InChI is InChI=1S/C29H41N5O6S/c1-17(19-9-11-20(12-10-19)24-18(2)31-16-41-24)32-26(37)22-14-21(35)15-34(22)27(38)25(29(3,4)5)33-23(36)8-6-7-13-30-28(39)40/h9-12,16-17,21-22,25,30,35H,6-8,13-15H2,1-5H3,(H,32,37)(H,33,36)(H,39,40)/t17-,21+,22-,25?/m0/s1. The lowest BCUT2D eigenvalue weighted by molar-refractivity contribution is -0.144. The summed E-state index contributed by atoms with van der Waals surface area (Å²) in [7, 11) is 0. The summed E-state index contributed by atoms with van der Waals surface area (Å²) in [5, 5.41) is 27.1. The van der Waals surface area contributed by atoms with Crippen LogP contribution in [-0.2, 0) is 14.4 Å². The summed E-state index contributed by atoms with van der Waals surface area (Å²) in [5.74, 6) is -1.12. The number of aryl methyl sites for hydroxylation is 1. The molecule has 2 aromatic rings. The van der Waals surface area contributed by atoms with Gasteiger partial charge in [0.1, 0.15) is 12.1 Å². The molecule has 3 rings (SSSR count). The maximum absolute atomic E-state index is 13.7. The number of hydrogen-bond acceptors (Lipinski definition) is 7. The van der Waals surface area contributed by atoms with Gasteiger partial charge in [-0.1, -0.05) is 45.0 Å². The number of hydrogen-bond donors (Lipinski definition) is 5. The van der Waals surface area contributed by atoms with Crippen LogP contribution in [0.15, 0.2) is 29.8 Å². The van der Waals surface area contributed by atoms with Crippen LogP contribution in [-0.4, -0.2) is 75.2 Å². The second kappa shape index (κ2) is 13.9. The first-order valence-electron chi connectivity index (χ1n) is 13.8. The Morgan fingerprint density at radius 1 is 1.12 bits per heavy atom. The van der Waals surface area contributed by atoms with Gasteiger partial charge in [0.15, 0.2) is 0 Å². The van der Waals surface area contributed by atoms with E-state index in [-0.39, 0.29) is 43.8 Å². The molecule has 2 heterocycles. The summed E-state index contributed by atoms with van der Waals surface area (Å²) in [4.78, 5) is 57.1. The van der Waals surface area contributed by atoms with Crippen molar-refractivity contribution in [2.75, 3.05) is 13.1 Å². The third-order valence-electron chi connectivity index (χ3n) is 7.17. The Kier molecular flexibility index (Phi) is 10.9. The number of nitrogens with one attached hydrogen (secondary N) is 3. The number of benzene rings is 1. The van der Waals surface area contributed by atoms with Crippen molar-refractivity contribution >= 4 is 35.2 Å². The first-order chi connectivity index (χ1) is 19.3. The monoisotopic (exact) mass is 587 g/mol. The number of aliphatic hydroxyl groups excluding tert-OH is 1. The van der Waals surface area contributed by atoms with Gasteiger partial charge in [-0.3, -0.25) is 14.4 Å². The summed E-state index contributed by atoms with van der Waals surface area (Å²) in [5.41, 5.74) is 4.07. The van der Waals surface area contributed by atoms with Gasteiger partial charge in [-0.2, -0.15) is 0 Å². The van der Waals surface area contributed by atoms with E-state index in [9.17, 15) is 24.3 Å². The molecule has 1 fully saturated rings. The molecule has 1 unspecified atom stereocenters. The van der Waals surface area contributed by atoms with Crippen molar-refractivity contribution in [1.29, 1.82) is 0 Å². The van der Waals surface area contributed by atoms with Gasteiger partial charge in [0.2, 0.25) is 17.7 Å². The fraction of sp³-hybridized carbons (Fsp3) is 0.552. The molecule has 1 aliphatic rings. The Balaban J connectivity index is 1.64. The zero-order valence-electron chi connectivity index (χ0n) is 24.3. The topological polar surface area (TPSA) is 161 Å². The first kappa shape index (κ1) is 32.0. The third kappa shape index (κ3) is 8.74. The minimum atomic E-state index is -1.12. The fourth-order valence-corrected chi connectivity index (χ4v) is 5.67. The lowest BCUT2D eigenvalue weighted by Gasteiger charge is -2.35. The van der Waals surface area contributed by atoms with E-state index < -0.39 is 35.6 Å². The van der Waals surface area contributed by atoms with E-state index >= 15 is 0 Å². The number of β-amino-alcohol motifs (C(OH)–C–C–N with tert-alkyl or cyclic N) is 1. The maximum Gasteiger partial charge on any atom is 0.404 e. The van der Waals surface area contributed by atoms with Gasteiger partial charge in [-0.15, -0.1) is 11.3 Å². The van der Waals surface area contributed by atoms with E-state index in [1.54, 1.807) is 11.3 Å². The number of unbranched alkanes of at least 4 members (excludes halogenated alkanes) is 1. The Bertz CT molecular complexity index is 1230. The smallest absolute Gasteiger partial charge is 0.404 e. The normalized spacial score (nSPS) is 18.4. The number of carboxylic acid groups (broad SMARTS) is 1. The number of aromatic nitrogens is 1. The predicted octanol–water partition coefficient (Wildman–Crippen LogP) is 3.23.